The molecular formula is C15H16N2O3. The fourth-order valence-electron chi connectivity index (χ4n) is 2.17. The maximum Gasteiger partial charge on any atom is 0.345 e. The average Bonchev–Trinajstić information content (AvgIpc) is 2.38. The highest BCUT2D eigenvalue weighted by atomic mass is 16.4. The molecule has 5 nitrogen and oxygen atoms in total. The lowest BCUT2D eigenvalue weighted by Gasteiger charge is -2.08. The fourth-order valence-corrected chi connectivity index (χ4v) is 2.17. The summed E-state index contributed by atoms with van der Waals surface area (Å²) in [6, 6.07) is 7.47. The molecule has 0 saturated heterocycles. The normalized spacial score (nSPS) is 10.5. The summed E-state index contributed by atoms with van der Waals surface area (Å²) in [4.78, 5) is 29.0. The molecule has 0 unspecified atom stereocenters. The SMILES string of the molecule is CCCc1ccc(-c2nc(=O)[nH]c(C)c2C(=O)O)cc1. The molecule has 0 atom stereocenters. The Kier molecular flexibility index (Phi) is 3.98. The van der Waals surface area contributed by atoms with E-state index in [-0.39, 0.29) is 11.3 Å². The minimum Gasteiger partial charge on any atom is -0.478 e. The van der Waals surface area contributed by atoms with Crippen LogP contribution in [0.5, 0.6) is 0 Å². The first kappa shape index (κ1) is 14.0. The largest absolute Gasteiger partial charge is 0.478 e. The van der Waals surface area contributed by atoms with E-state index in [4.69, 9.17) is 0 Å². The second-order valence-electron chi connectivity index (χ2n) is 4.64. The highest BCUT2D eigenvalue weighted by Crippen LogP contribution is 2.22. The summed E-state index contributed by atoms with van der Waals surface area (Å²) in [5.74, 6) is -1.10. The van der Waals surface area contributed by atoms with Crippen LogP contribution in [-0.2, 0) is 6.42 Å². The van der Waals surface area contributed by atoms with Gasteiger partial charge in [-0.1, -0.05) is 37.6 Å². The molecule has 1 aromatic heterocycles. The summed E-state index contributed by atoms with van der Waals surface area (Å²) >= 11 is 0. The van der Waals surface area contributed by atoms with E-state index < -0.39 is 11.7 Å². The van der Waals surface area contributed by atoms with Crippen molar-refractivity contribution in [2.45, 2.75) is 26.7 Å². The van der Waals surface area contributed by atoms with Crippen molar-refractivity contribution in [3.05, 3.63) is 51.6 Å². The lowest BCUT2D eigenvalue weighted by Crippen LogP contribution is -2.18. The summed E-state index contributed by atoms with van der Waals surface area (Å²) in [7, 11) is 0. The van der Waals surface area contributed by atoms with Crippen molar-refractivity contribution in [2.24, 2.45) is 0 Å². The zero-order valence-electron chi connectivity index (χ0n) is 11.4. The monoisotopic (exact) mass is 272 g/mol. The minimum atomic E-state index is -1.10. The summed E-state index contributed by atoms with van der Waals surface area (Å²) in [5.41, 5.74) is 1.83. The third-order valence-electron chi connectivity index (χ3n) is 3.10. The van der Waals surface area contributed by atoms with Gasteiger partial charge in [0.05, 0.1) is 5.69 Å². The zero-order chi connectivity index (χ0) is 14.7. The molecule has 5 heteroatoms. The van der Waals surface area contributed by atoms with Crippen LogP contribution in [0.4, 0.5) is 0 Å². The molecule has 104 valence electrons. The molecule has 20 heavy (non-hydrogen) atoms. The molecule has 0 aliphatic carbocycles. The minimum absolute atomic E-state index is 0.0350. The number of nitrogens with one attached hydrogen (secondary N) is 1. The number of carboxylic acid groups (broad SMARTS) is 1. The van der Waals surface area contributed by atoms with E-state index in [9.17, 15) is 14.7 Å². The summed E-state index contributed by atoms with van der Waals surface area (Å²) in [6.07, 6.45) is 2.01. The van der Waals surface area contributed by atoms with E-state index in [1.165, 1.54) is 5.56 Å². The summed E-state index contributed by atoms with van der Waals surface area (Å²) in [6.45, 7) is 3.65. The number of rotatable bonds is 4. The first-order valence-corrected chi connectivity index (χ1v) is 6.46. The number of H-pyrrole nitrogens is 1. The second-order valence-corrected chi connectivity index (χ2v) is 4.64. The first-order chi connectivity index (χ1) is 9.52. The number of hydrogen-bond acceptors (Lipinski definition) is 3. The Hall–Kier alpha value is -2.43. The van der Waals surface area contributed by atoms with Crippen LogP contribution in [0.3, 0.4) is 0 Å². The number of aromatic carboxylic acids is 1. The smallest absolute Gasteiger partial charge is 0.345 e. The predicted molar refractivity (Wildman–Crippen MR) is 76.0 cm³/mol. The van der Waals surface area contributed by atoms with Gasteiger partial charge < -0.3 is 10.1 Å². The van der Waals surface area contributed by atoms with Crippen molar-refractivity contribution in [3.8, 4) is 11.3 Å². The number of aryl methyl sites for hydroxylation is 2. The molecule has 0 radical (unpaired) electrons. The molecule has 2 N–H and O–H groups in total. The predicted octanol–water partition coefficient (Wildman–Crippen LogP) is 2.40. The van der Waals surface area contributed by atoms with Crippen LogP contribution in [0.1, 0.15) is 35.0 Å². The Balaban J connectivity index is 2.56. The maximum atomic E-state index is 11.5. The molecule has 0 aliphatic rings. The van der Waals surface area contributed by atoms with Crippen LogP contribution < -0.4 is 5.69 Å². The van der Waals surface area contributed by atoms with Crippen LogP contribution in [0.25, 0.3) is 11.3 Å². The maximum absolute atomic E-state index is 11.5. The molecule has 1 heterocycles. The second kappa shape index (κ2) is 5.69. The van der Waals surface area contributed by atoms with Crippen LogP contribution >= 0.6 is 0 Å². The van der Waals surface area contributed by atoms with Gasteiger partial charge in [0, 0.05) is 11.3 Å². The van der Waals surface area contributed by atoms with Crippen molar-refractivity contribution in [2.75, 3.05) is 0 Å². The van der Waals surface area contributed by atoms with Gasteiger partial charge in [0.2, 0.25) is 0 Å². The van der Waals surface area contributed by atoms with Gasteiger partial charge in [0.1, 0.15) is 5.56 Å². The Morgan fingerprint density at radius 3 is 2.50 bits per heavy atom. The Morgan fingerprint density at radius 1 is 1.30 bits per heavy atom. The van der Waals surface area contributed by atoms with Gasteiger partial charge >= 0.3 is 11.7 Å². The van der Waals surface area contributed by atoms with Gasteiger partial charge in [-0.3, -0.25) is 0 Å². The zero-order valence-corrected chi connectivity index (χ0v) is 11.4. The third-order valence-corrected chi connectivity index (χ3v) is 3.10. The van der Waals surface area contributed by atoms with Crippen LogP contribution in [-0.4, -0.2) is 21.0 Å². The van der Waals surface area contributed by atoms with Crippen LogP contribution in [0, 0.1) is 6.92 Å². The van der Waals surface area contributed by atoms with E-state index in [2.05, 4.69) is 16.9 Å². The third kappa shape index (κ3) is 2.77. The van der Waals surface area contributed by atoms with E-state index in [1.54, 1.807) is 19.1 Å². The van der Waals surface area contributed by atoms with E-state index >= 15 is 0 Å². The Labute approximate surface area is 116 Å². The number of nitrogens with zero attached hydrogens (tertiary/aromatic N) is 1. The lowest BCUT2D eigenvalue weighted by molar-refractivity contribution is 0.0696. The number of carbonyl (C=O) groups is 1. The Bertz CT molecular complexity index is 687. The first-order valence-electron chi connectivity index (χ1n) is 6.46. The van der Waals surface area contributed by atoms with Gasteiger partial charge in [0.25, 0.3) is 0 Å². The van der Waals surface area contributed by atoms with Gasteiger partial charge in [-0.05, 0) is 18.9 Å². The van der Waals surface area contributed by atoms with E-state index in [1.807, 2.05) is 12.1 Å². The van der Waals surface area contributed by atoms with Gasteiger partial charge in [-0.2, -0.15) is 4.98 Å². The van der Waals surface area contributed by atoms with Crippen LogP contribution in [0.2, 0.25) is 0 Å². The highest BCUT2D eigenvalue weighted by molar-refractivity contribution is 5.95. The molecule has 0 saturated carbocycles. The molecule has 0 fully saturated rings. The summed E-state index contributed by atoms with van der Waals surface area (Å²) in [5, 5.41) is 9.28. The molecule has 2 aromatic rings. The lowest BCUT2D eigenvalue weighted by atomic mass is 10.0. The number of aromatic amines is 1. The van der Waals surface area contributed by atoms with Crippen molar-refractivity contribution < 1.29 is 9.90 Å². The van der Waals surface area contributed by atoms with Crippen molar-refractivity contribution in [1.82, 2.24) is 9.97 Å². The number of aromatic nitrogens is 2. The number of benzene rings is 1. The molecule has 2 rings (SSSR count). The van der Waals surface area contributed by atoms with Gasteiger partial charge in [0.15, 0.2) is 0 Å². The molecule has 0 aliphatic heterocycles. The molecule has 0 spiro atoms. The molecule has 0 amide bonds. The van der Waals surface area contributed by atoms with Crippen molar-refractivity contribution >= 4 is 5.97 Å². The number of hydrogen-bond donors (Lipinski definition) is 2. The Morgan fingerprint density at radius 2 is 1.95 bits per heavy atom. The fraction of sp³-hybridized carbons (Fsp3) is 0.267. The topological polar surface area (TPSA) is 83.0 Å². The van der Waals surface area contributed by atoms with E-state index in [0.717, 1.165) is 12.8 Å². The average molecular weight is 272 g/mol. The molecular weight excluding hydrogens is 256 g/mol. The highest BCUT2D eigenvalue weighted by Gasteiger charge is 2.17. The van der Waals surface area contributed by atoms with Crippen LogP contribution in [0.15, 0.2) is 29.1 Å². The molecule has 1 aromatic carbocycles. The van der Waals surface area contributed by atoms with Gasteiger partial charge in [-0.25, -0.2) is 9.59 Å². The van der Waals surface area contributed by atoms with Gasteiger partial charge in [-0.15, -0.1) is 0 Å². The van der Waals surface area contributed by atoms with Crippen molar-refractivity contribution in [3.63, 3.8) is 0 Å². The standard InChI is InChI=1S/C15H16N2O3/c1-3-4-10-5-7-11(8-6-10)13-12(14(18)19)9(2)16-15(20)17-13/h5-8H,3-4H2,1-2H3,(H,18,19)(H,16,17,20). The van der Waals surface area contributed by atoms with E-state index in [0.29, 0.717) is 11.3 Å². The molecule has 0 bridgehead atoms. The summed E-state index contributed by atoms with van der Waals surface area (Å²) < 4.78 is 0. The number of carboxylic acids is 1. The van der Waals surface area contributed by atoms with Crippen molar-refractivity contribution in [1.29, 1.82) is 0 Å². The quantitative estimate of drug-likeness (QED) is 0.895.